The summed E-state index contributed by atoms with van der Waals surface area (Å²) in [5, 5.41) is 3.69. The Bertz CT molecular complexity index is 977. The van der Waals surface area contributed by atoms with Gasteiger partial charge in [0.2, 0.25) is 11.8 Å². The number of ether oxygens (including phenoxy) is 1. The highest BCUT2D eigenvalue weighted by Crippen LogP contribution is 2.23. The largest absolute Gasteiger partial charge is 0.497 e. The summed E-state index contributed by atoms with van der Waals surface area (Å²) in [5.41, 5.74) is 3.30. The standard InChI is InChI=1S/C21H22N2O4/c1-14-7-8-18-15(13-27-19(18)9-14)10-21(25)23(2)12-20(24)22-16-5-4-6-17(11-16)26-3/h4-9,11,13H,10,12H2,1-3H3,(H,22,24). The molecular formula is C21H22N2O4. The third-order valence-corrected chi connectivity index (χ3v) is 4.31. The summed E-state index contributed by atoms with van der Waals surface area (Å²) in [4.78, 5) is 26.1. The second-order valence-corrected chi connectivity index (χ2v) is 6.47. The lowest BCUT2D eigenvalue weighted by Gasteiger charge is -2.16. The maximum Gasteiger partial charge on any atom is 0.243 e. The van der Waals surface area contributed by atoms with Crippen molar-refractivity contribution in [2.45, 2.75) is 13.3 Å². The van der Waals surface area contributed by atoms with E-state index in [1.165, 1.54) is 4.90 Å². The molecule has 0 aliphatic rings. The molecule has 1 aromatic heterocycles. The summed E-state index contributed by atoms with van der Waals surface area (Å²) in [6, 6.07) is 12.9. The molecule has 1 heterocycles. The van der Waals surface area contributed by atoms with Crippen molar-refractivity contribution in [1.29, 1.82) is 0 Å². The van der Waals surface area contributed by atoms with Gasteiger partial charge in [-0.2, -0.15) is 0 Å². The van der Waals surface area contributed by atoms with E-state index in [2.05, 4.69) is 5.32 Å². The van der Waals surface area contributed by atoms with Crippen molar-refractivity contribution in [3.63, 3.8) is 0 Å². The summed E-state index contributed by atoms with van der Waals surface area (Å²) in [6.45, 7) is 1.95. The zero-order chi connectivity index (χ0) is 19.4. The molecule has 3 aromatic rings. The lowest BCUT2D eigenvalue weighted by atomic mass is 10.1. The smallest absolute Gasteiger partial charge is 0.243 e. The minimum Gasteiger partial charge on any atom is -0.497 e. The van der Waals surface area contributed by atoms with E-state index in [0.717, 1.165) is 22.1 Å². The van der Waals surface area contributed by atoms with Gasteiger partial charge in [0, 0.05) is 29.8 Å². The zero-order valence-electron chi connectivity index (χ0n) is 15.6. The zero-order valence-corrected chi connectivity index (χ0v) is 15.6. The Hall–Kier alpha value is -3.28. The normalized spacial score (nSPS) is 10.6. The van der Waals surface area contributed by atoms with Crippen LogP contribution in [-0.4, -0.2) is 37.4 Å². The van der Waals surface area contributed by atoms with Crippen molar-refractivity contribution in [3.8, 4) is 5.75 Å². The Labute approximate surface area is 157 Å². The second kappa shape index (κ2) is 7.95. The van der Waals surface area contributed by atoms with Crippen LogP contribution in [0.4, 0.5) is 5.69 Å². The Kier molecular flexibility index (Phi) is 5.45. The van der Waals surface area contributed by atoms with Crippen LogP contribution in [0.3, 0.4) is 0 Å². The minimum absolute atomic E-state index is 0.0368. The Morgan fingerprint density at radius 3 is 2.78 bits per heavy atom. The van der Waals surface area contributed by atoms with Gasteiger partial charge in [0.1, 0.15) is 11.3 Å². The molecule has 2 aromatic carbocycles. The van der Waals surface area contributed by atoms with Crippen LogP contribution in [0.15, 0.2) is 53.1 Å². The number of benzene rings is 2. The van der Waals surface area contributed by atoms with Crippen LogP contribution >= 0.6 is 0 Å². The quantitative estimate of drug-likeness (QED) is 0.726. The number of hydrogen-bond acceptors (Lipinski definition) is 4. The first-order valence-corrected chi connectivity index (χ1v) is 8.61. The van der Waals surface area contributed by atoms with Crippen molar-refractivity contribution < 1.29 is 18.7 Å². The summed E-state index contributed by atoms with van der Waals surface area (Å²) >= 11 is 0. The van der Waals surface area contributed by atoms with Crippen LogP contribution in [0, 0.1) is 6.92 Å². The SMILES string of the molecule is COc1cccc(NC(=O)CN(C)C(=O)Cc2coc3cc(C)ccc23)c1. The average molecular weight is 366 g/mol. The Morgan fingerprint density at radius 2 is 2.00 bits per heavy atom. The van der Waals surface area contributed by atoms with Crippen molar-refractivity contribution >= 4 is 28.5 Å². The number of fused-ring (bicyclic) bond motifs is 1. The molecule has 27 heavy (non-hydrogen) atoms. The second-order valence-electron chi connectivity index (χ2n) is 6.47. The van der Waals surface area contributed by atoms with Crippen LogP contribution in [0.2, 0.25) is 0 Å². The van der Waals surface area contributed by atoms with Crippen LogP contribution in [0.25, 0.3) is 11.0 Å². The van der Waals surface area contributed by atoms with Gasteiger partial charge < -0.3 is 19.4 Å². The molecule has 0 saturated heterocycles. The van der Waals surface area contributed by atoms with Crippen molar-refractivity contribution in [3.05, 3.63) is 59.9 Å². The molecule has 3 rings (SSSR count). The molecule has 6 heteroatoms. The van der Waals surface area contributed by atoms with Gasteiger partial charge in [-0.3, -0.25) is 9.59 Å². The van der Waals surface area contributed by atoms with E-state index < -0.39 is 0 Å². The van der Waals surface area contributed by atoms with E-state index in [-0.39, 0.29) is 24.8 Å². The number of nitrogens with one attached hydrogen (secondary N) is 1. The number of likely N-dealkylation sites (N-methyl/N-ethyl adjacent to an activating group) is 1. The summed E-state index contributed by atoms with van der Waals surface area (Å²) in [6.07, 6.45) is 1.78. The maximum absolute atomic E-state index is 12.5. The summed E-state index contributed by atoms with van der Waals surface area (Å²) < 4.78 is 10.7. The Morgan fingerprint density at radius 1 is 1.19 bits per heavy atom. The van der Waals surface area contributed by atoms with Gasteiger partial charge in [-0.05, 0) is 30.7 Å². The van der Waals surface area contributed by atoms with Crippen LogP contribution in [0.5, 0.6) is 5.75 Å². The predicted octanol–water partition coefficient (Wildman–Crippen LogP) is 3.39. The average Bonchev–Trinajstić information content (AvgIpc) is 3.03. The third kappa shape index (κ3) is 4.47. The number of methoxy groups -OCH3 is 1. The minimum atomic E-state index is -0.272. The monoisotopic (exact) mass is 366 g/mol. The number of aryl methyl sites for hydroxylation is 1. The van der Waals surface area contributed by atoms with Gasteiger partial charge in [0.25, 0.3) is 0 Å². The lowest BCUT2D eigenvalue weighted by molar-refractivity contribution is -0.132. The number of anilines is 1. The van der Waals surface area contributed by atoms with Gasteiger partial charge >= 0.3 is 0 Å². The molecule has 0 aliphatic heterocycles. The van der Waals surface area contributed by atoms with E-state index in [1.807, 2.05) is 25.1 Å². The first-order chi connectivity index (χ1) is 13.0. The van der Waals surface area contributed by atoms with Crippen molar-refractivity contribution in [2.24, 2.45) is 0 Å². The molecule has 0 fully saturated rings. The van der Waals surface area contributed by atoms with Gasteiger partial charge in [-0.1, -0.05) is 18.2 Å². The molecular weight excluding hydrogens is 344 g/mol. The maximum atomic E-state index is 12.5. The molecule has 0 saturated carbocycles. The number of carbonyl (C=O) groups excluding carboxylic acids is 2. The van der Waals surface area contributed by atoms with Gasteiger partial charge in [-0.15, -0.1) is 0 Å². The van der Waals surface area contributed by atoms with Crippen molar-refractivity contribution in [2.75, 3.05) is 26.0 Å². The predicted molar refractivity (Wildman–Crippen MR) is 104 cm³/mol. The number of nitrogens with zero attached hydrogens (tertiary/aromatic N) is 1. The molecule has 140 valence electrons. The first-order valence-electron chi connectivity index (χ1n) is 8.61. The van der Waals surface area contributed by atoms with Crippen molar-refractivity contribution in [1.82, 2.24) is 4.90 Å². The lowest BCUT2D eigenvalue weighted by Crippen LogP contribution is -2.35. The number of hydrogen-bond donors (Lipinski definition) is 1. The highest BCUT2D eigenvalue weighted by molar-refractivity contribution is 5.95. The van der Waals surface area contributed by atoms with Gasteiger partial charge in [0.05, 0.1) is 26.3 Å². The molecule has 2 amide bonds. The van der Waals surface area contributed by atoms with E-state index in [0.29, 0.717) is 11.4 Å². The van der Waals surface area contributed by atoms with Gasteiger partial charge in [-0.25, -0.2) is 0 Å². The van der Waals surface area contributed by atoms with Crippen LogP contribution in [0.1, 0.15) is 11.1 Å². The van der Waals surface area contributed by atoms with Crippen LogP contribution < -0.4 is 10.1 Å². The summed E-state index contributed by atoms with van der Waals surface area (Å²) in [7, 11) is 3.17. The molecule has 0 bridgehead atoms. The molecule has 6 nitrogen and oxygen atoms in total. The Balaban J connectivity index is 1.60. The van der Waals surface area contributed by atoms with E-state index in [9.17, 15) is 9.59 Å². The number of furan rings is 1. The third-order valence-electron chi connectivity index (χ3n) is 4.31. The van der Waals surface area contributed by atoms with Gasteiger partial charge in [0.15, 0.2) is 0 Å². The molecule has 0 spiro atoms. The van der Waals surface area contributed by atoms with E-state index in [4.69, 9.17) is 9.15 Å². The van der Waals surface area contributed by atoms with E-state index in [1.54, 1.807) is 44.7 Å². The first kappa shape index (κ1) is 18.5. The van der Waals surface area contributed by atoms with E-state index >= 15 is 0 Å². The fourth-order valence-electron chi connectivity index (χ4n) is 2.83. The highest BCUT2D eigenvalue weighted by Gasteiger charge is 2.16. The number of amides is 2. The molecule has 0 atom stereocenters. The molecule has 0 radical (unpaired) electrons. The molecule has 1 N–H and O–H groups in total. The van der Waals surface area contributed by atoms with Crippen LogP contribution in [-0.2, 0) is 16.0 Å². The fourth-order valence-corrected chi connectivity index (χ4v) is 2.83. The topological polar surface area (TPSA) is 71.8 Å². The highest BCUT2D eigenvalue weighted by atomic mass is 16.5. The molecule has 0 unspecified atom stereocenters. The number of carbonyl (C=O) groups is 2. The summed E-state index contributed by atoms with van der Waals surface area (Å²) in [5.74, 6) is 0.227. The fraction of sp³-hybridized carbons (Fsp3) is 0.238. The molecule has 0 aliphatic carbocycles. The number of rotatable bonds is 6.